The largest absolute Gasteiger partial charge is 0.486 e. The van der Waals surface area contributed by atoms with Gasteiger partial charge in [0, 0.05) is 10.7 Å². The number of hydrogen-bond donors (Lipinski definition) is 1. The Labute approximate surface area is 199 Å². The Morgan fingerprint density at radius 1 is 1.12 bits per heavy atom. The Bertz CT molecular complexity index is 1230. The highest BCUT2D eigenvalue weighted by molar-refractivity contribution is 6.37. The lowest BCUT2D eigenvalue weighted by Gasteiger charge is -2.11. The van der Waals surface area contributed by atoms with E-state index in [2.05, 4.69) is 5.32 Å². The Morgan fingerprint density at radius 2 is 1.84 bits per heavy atom. The summed E-state index contributed by atoms with van der Waals surface area (Å²) in [7, 11) is 0. The van der Waals surface area contributed by atoms with E-state index >= 15 is 0 Å². The molecule has 0 bridgehead atoms. The summed E-state index contributed by atoms with van der Waals surface area (Å²) in [6.07, 6.45) is 1.36. The molecular weight excluding hydrogens is 474 g/mol. The number of rotatable bonds is 6. The van der Waals surface area contributed by atoms with Gasteiger partial charge in [0.2, 0.25) is 0 Å². The minimum absolute atomic E-state index is 0.0667. The third kappa shape index (κ3) is 6.02. The van der Waals surface area contributed by atoms with Crippen LogP contribution in [0.2, 0.25) is 15.1 Å². The van der Waals surface area contributed by atoms with Crippen LogP contribution < -0.4 is 10.1 Å². The lowest BCUT2D eigenvalue weighted by molar-refractivity contribution is -0.112. The fourth-order valence-electron chi connectivity index (χ4n) is 2.82. The zero-order chi connectivity index (χ0) is 23.3. The minimum atomic E-state index is -0.600. The van der Waals surface area contributed by atoms with E-state index in [4.69, 9.17) is 39.5 Å². The molecule has 1 amide bonds. The standard InChI is InChI=1S/C24H16Cl3FN2O2/c1-14-5-6-18(25)11-22(14)30-24(31)17(12-29)7-16-9-20(26)23(21(27)10-16)32-13-15-3-2-4-19(28)8-15/h2-11H,13H2,1H3,(H,30,31)/b17-7+. The maximum Gasteiger partial charge on any atom is 0.266 e. The van der Waals surface area contributed by atoms with E-state index in [9.17, 15) is 14.4 Å². The van der Waals surface area contributed by atoms with Crippen molar-refractivity contribution in [3.63, 3.8) is 0 Å². The number of aryl methyl sites for hydroxylation is 1. The smallest absolute Gasteiger partial charge is 0.266 e. The molecule has 0 spiro atoms. The fourth-order valence-corrected chi connectivity index (χ4v) is 3.60. The zero-order valence-corrected chi connectivity index (χ0v) is 19.0. The highest BCUT2D eigenvalue weighted by Gasteiger charge is 2.14. The van der Waals surface area contributed by atoms with Gasteiger partial charge in [0.15, 0.2) is 5.75 Å². The molecule has 0 unspecified atom stereocenters. The molecule has 32 heavy (non-hydrogen) atoms. The predicted octanol–water partition coefficient (Wildman–Crippen LogP) is 7.22. The van der Waals surface area contributed by atoms with E-state index in [-0.39, 0.29) is 33.8 Å². The molecule has 0 heterocycles. The third-order valence-electron chi connectivity index (χ3n) is 4.42. The maximum absolute atomic E-state index is 13.3. The second-order valence-corrected chi connectivity index (χ2v) is 8.07. The van der Waals surface area contributed by atoms with Crippen molar-refractivity contribution >= 4 is 52.5 Å². The number of carbonyl (C=O) groups excluding carboxylic acids is 1. The van der Waals surface area contributed by atoms with E-state index in [0.717, 1.165) is 5.56 Å². The summed E-state index contributed by atoms with van der Waals surface area (Å²) < 4.78 is 19.0. The number of nitrogens with zero attached hydrogens (tertiary/aromatic N) is 1. The van der Waals surface area contributed by atoms with Gasteiger partial charge in [0.25, 0.3) is 5.91 Å². The summed E-state index contributed by atoms with van der Waals surface area (Å²) in [5.74, 6) is -0.761. The molecule has 0 atom stereocenters. The summed E-state index contributed by atoms with van der Waals surface area (Å²) in [4.78, 5) is 12.6. The van der Waals surface area contributed by atoms with E-state index in [1.807, 2.05) is 13.0 Å². The van der Waals surface area contributed by atoms with Crippen LogP contribution in [0.15, 0.2) is 60.2 Å². The van der Waals surface area contributed by atoms with Crippen LogP contribution in [-0.4, -0.2) is 5.91 Å². The number of ether oxygens (including phenoxy) is 1. The first-order valence-electron chi connectivity index (χ1n) is 9.32. The van der Waals surface area contributed by atoms with Crippen molar-refractivity contribution in [3.05, 3.63) is 97.7 Å². The number of benzene rings is 3. The summed E-state index contributed by atoms with van der Waals surface area (Å²) in [6, 6.07) is 15.9. The van der Waals surface area contributed by atoms with Crippen LogP contribution in [0, 0.1) is 24.1 Å². The molecule has 3 aromatic carbocycles. The fraction of sp³-hybridized carbons (Fsp3) is 0.0833. The normalized spacial score (nSPS) is 11.1. The summed E-state index contributed by atoms with van der Waals surface area (Å²) in [5, 5.41) is 13.0. The Kier molecular flexibility index (Phi) is 7.76. The molecule has 0 aliphatic heterocycles. The highest BCUT2D eigenvalue weighted by Crippen LogP contribution is 2.35. The highest BCUT2D eigenvalue weighted by atomic mass is 35.5. The van der Waals surface area contributed by atoms with Gasteiger partial charge in [-0.1, -0.05) is 53.0 Å². The van der Waals surface area contributed by atoms with Gasteiger partial charge >= 0.3 is 0 Å². The molecule has 0 fully saturated rings. The average Bonchev–Trinajstić information content (AvgIpc) is 2.74. The SMILES string of the molecule is Cc1ccc(Cl)cc1NC(=O)/C(C#N)=C/c1cc(Cl)c(OCc2cccc(F)c2)c(Cl)c1. The zero-order valence-electron chi connectivity index (χ0n) is 16.8. The molecule has 3 aromatic rings. The minimum Gasteiger partial charge on any atom is -0.486 e. The van der Waals surface area contributed by atoms with E-state index < -0.39 is 5.91 Å². The van der Waals surface area contributed by atoms with E-state index in [1.54, 1.807) is 30.3 Å². The van der Waals surface area contributed by atoms with Gasteiger partial charge in [0.1, 0.15) is 24.1 Å². The van der Waals surface area contributed by atoms with E-state index in [1.165, 1.54) is 30.3 Å². The maximum atomic E-state index is 13.3. The second kappa shape index (κ2) is 10.5. The first kappa shape index (κ1) is 23.6. The molecule has 0 saturated carbocycles. The second-order valence-electron chi connectivity index (χ2n) is 6.82. The summed E-state index contributed by atoms with van der Waals surface area (Å²) in [5.41, 5.74) is 2.20. The van der Waals surface area contributed by atoms with Crippen LogP contribution >= 0.6 is 34.8 Å². The Morgan fingerprint density at radius 3 is 2.50 bits per heavy atom. The molecule has 1 N–H and O–H groups in total. The van der Waals surface area contributed by atoms with Gasteiger partial charge in [-0.2, -0.15) is 5.26 Å². The van der Waals surface area contributed by atoms with Crippen molar-refractivity contribution < 1.29 is 13.9 Å². The molecule has 0 aliphatic carbocycles. The lowest BCUT2D eigenvalue weighted by atomic mass is 10.1. The van der Waals surface area contributed by atoms with Crippen molar-refractivity contribution in [2.75, 3.05) is 5.32 Å². The van der Waals surface area contributed by atoms with Crippen molar-refractivity contribution in [2.45, 2.75) is 13.5 Å². The molecular formula is C24H16Cl3FN2O2. The van der Waals surface area contributed by atoms with Crippen molar-refractivity contribution in [2.24, 2.45) is 0 Å². The van der Waals surface area contributed by atoms with Crippen LogP contribution in [0.25, 0.3) is 6.08 Å². The topological polar surface area (TPSA) is 62.1 Å². The monoisotopic (exact) mass is 488 g/mol. The molecule has 0 radical (unpaired) electrons. The first-order chi connectivity index (χ1) is 15.3. The van der Waals surface area contributed by atoms with Gasteiger partial charge in [-0.15, -0.1) is 0 Å². The Hall–Kier alpha value is -3.04. The molecule has 0 saturated heterocycles. The number of carbonyl (C=O) groups is 1. The molecule has 162 valence electrons. The number of amides is 1. The molecule has 4 nitrogen and oxygen atoms in total. The number of nitriles is 1. The molecule has 0 aromatic heterocycles. The van der Waals surface area contributed by atoms with Crippen LogP contribution in [0.4, 0.5) is 10.1 Å². The lowest BCUT2D eigenvalue weighted by Crippen LogP contribution is -2.14. The molecule has 0 aliphatic rings. The third-order valence-corrected chi connectivity index (χ3v) is 5.21. The first-order valence-corrected chi connectivity index (χ1v) is 10.5. The molecule has 3 rings (SSSR count). The van der Waals surface area contributed by atoms with Crippen molar-refractivity contribution in [1.82, 2.24) is 0 Å². The van der Waals surface area contributed by atoms with Gasteiger partial charge < -0.3 is 10.1 Å². The quantitative estimate of drug-likeness (QED) is 0.294. The van der Waals surface area contributed by atoms with Gasteiger partial charge in [0.05, 0.1) is 10.0 Å². The summed E-state index contributed by atoms with van der Waals surface area (Å²) >= 11 is 18.6. The van der Waals surface area contributed by atoms with Gasteiger partial charge in [-0.3, -0.25) is 4.79 Å². The summed E-state index contributed by atoms with van der Waals surface area (Å²) in [6.45, 7) is 1.88. The van der Waals surface area contributed by atoms with Gasteiger partial charge in [-0.25, -0.2) is 4.39 Å². The van der Waals surface area contributed by atoms with Crippen LogP contribution in [0.5, 0.6) is 5.75 Å². The number of anilines is 1. The van der Waals surface area contributed by atoms with Gasteiger partial charge in [-0.05, 0) is 66.1 Å². The van der Waals surface area contributed by atoms with Crippen molar-refractivity contribution in [3.8, 4) is 11.8 Å². The Balaban J connectivity index is 1.79. The number of nitrogens with one attached hydrogen (secondary N) is 1. The van der Waals surface area contributed by atoms with Crippen molar-refractivity contribution in [1.29, 1.82) is 5.26 Å². The van der Waals surface area contributed by atoms with Crippen LogP contribution in [0.1, 0.15) is 16.7 Å². The number of hydrogen-bond acceptors (Lipinski definition) is 3. The van der Waals surface area contributed by atoms with E-state index in [0.29, 0.717) is 21.8 Å². The number of halogens is 4. The average molecular weight is 490 g/mol. The van der Waals surface area contributed by atoms with Crippen LogP contribution in [0.3, 0.4) is 0 Å². The molecule has 8 heteroatoms. The van der Waals surface area contributed by atoms with Crippen LogP contribution in [-0.2, 0) is 11.4 Å². The predicted molar refractivity (Wildman–Crippen MR) is 126 cm³/mol.